The van der Waals surface area contributed by atoms with Gasteiger partial charge in [0.2, 0.25) is 0 Å². The van der Waals surface area contributed by atoms with E-state index in [0.29, 0.717) is 6.04 Å². The van der Waals surface area contributed by atoms with Crippen molar-refractivity contribution >= 4 is 11.5 Å². The molecule has 10 nitrogen and oxygen atoms in total. The van der Waals surface area contributed by atoms with Crippen LogP contribution in [0.15, 0.2) is 49.1 Å². The lowest BCUT2D eigenvalue weighted by Crippen LogP contribution is -2.37. The Labute approximate surface area is 195 Å². The van der Waals surface area contributed by atoms with Gasteiger partial charge in [0.15, 0.2) is 5.65 Å². The van der Waals surface area contributed by atoms with Gasteiger partial charge in [0.1, 0.15) is 5.82 Å². The molecule has 0 spiro atoms. The smallest absolute Gasteiger partial charge is 0.167 e. The number of nitrogens with one attached hydrogen (secondary N) is 1. The maximum absolute atomic E-state index is 5.84. The third-order valence-electron chi connectivity index (χ3n) is 6.88. The highest BCUT2D eigenvalue weighted by Crippen LogP contribution is 2.37. The summed E-state index contributed by atoms with van der Waals surface area (Å²) in [7, 11) is 0. The van der Waals surface area contributed by atoms with Crippen LogP contribution in [0.3, 0.4) is 0 Å². The number of aromatic amines is 1. The summed E-state index contributed by atoms with van der Waals surface area (Å²) in [6, 6.07) is 8.36. The highest BCUT2D eigenvalue weighted by atomic mass is 16.5. The number of anilines is 1. The lowest BCUT2D eigenvalue weighted by atomic mass is 10.1. The molecule has 2 saturated heterocycles. The van der Waals surface area contributed by atoms with E-state index >= 15 is 0 Å². The largest absolute Gasteiger partial charge is 0.374 e. The molecule has 0 saturated carbocycles. The Hall–Kier alpha value is -4.05. The second-order valence-electron chi connectivity index (χ2n) is 8.93. The van der Waals surface area contributed by atoms with Crippen molar-refractivity contribution in [2.75, 3.05) is 18.1 Å². The van der Waals surface area contributed by atoms with E-state index < -0.39 is 0 Å². The van der Waals surface area contributed by atoms with Crippen molar-refractivity contribution < 1.29 is 4.74 Å². The van der Waals surface area contributed by atoms with Crippen molar-refractivity contribution in [1.82, 2.24) is 39.6 Å². The van der Waals surface area contributed by atoms with Gasteiger partial charge >= 0.3 is 0 Å². The summed E-state index contributed by atoms with van der Waals surface area (Å²) < 4.78 is 9.70. The van der Waals surface area contributed by atoms with Crippen LogP contribution in [0.2, 0.25) is 0 Å². The molecule has 34 heavy (non-hydrogen) atoms. The van der Waals surface area contributed by atoms with Crippen LogP contribution in [0.25, 0.3) is 33.8 Å². The normalized spacial score (nSPS) is 19.5. The predicted molar refractivity (Wildman–Crippen MR) is 126 cm³/mol. The molecule has 2 fully saturated rings. The summed E-state index contributed by atoms with van der Waals surface area (Å²) in [4.78, 5) is 11.7. The van der Waals surface area contributed by atoms with Gasteiger partial charge < -0.3 is 9.64 Å². The van der Waals surface area contributed by atoms with E-state index in [1.54, 1.807) is 12.4 Å². The molecule has 10 heteroatoms. The number of aryl methyl sites for hydroxylation is 1. The van der Waals surface area contributed by atoms with E-state index in [2.05, 4.69) is 33.1 Å². The first kappa shape index (κ1) is 19.4. The molecule has 0 amide bonds. The Morgan fingerprint density at radius 2 is 2.09 bits per heavy atom. The average molecular weight is 454 g/mol. The maximum Gasteiger partial charge on any atom is 0.167 e. The molecule has 2 bridgehead atoms. The zero-order chi connectivity index (χ0) is 22.8. The fraction of sp³-hybridized carbons (Fsp3) is 0.292. The van der Waals surface area contributed by atoms with Crippen LogP contribution in [0, 0.1) is 13.8 Å². The number of morpholine rings is 1. The first-order valence-electron chi connectivity index (χ1n) is 11.4. The molecule has 5 aromatic rings. The highest BCUT2D eigenvalue weighted by molar-refractivity contribution is 5.80. The van der Waals surface area contributed by atoms with E-state index in [1.165, 1.54) is 0 Å². The van der Waals surface area contributed by atoms with Gasteiger partial charge in [-0.2, -0.15) is 15.3 Å². The number of aromatic nitrogens is 8. The summed E-state index contributed by atoms with van der Waals surface area (Å²) in [5.41, 5.74) is 7.45. The number of H-pyrrole nitrogens is 1. The van der Waals surface area contributed by atoms with E-state index in [1.807, 2.05) is 46.7 Å². The molecule has 2 aliphatic heterocycles. The Kier molecular flexibility index (Phi) is 4.13. The molecule has 5 aromatic heterocycles. The van der Waals surface area contributed by atoms with Crippen molar-refractivity contribution in [3.8, 4) is 28.2 Å². The van der Waals surface area contributed by atoms with E-state index in [0.717, 1.165) is 70.6 Å². The average Bonchev–Trinajstić information content (AvgIpc) is 3.67. The zero-order valence-corrected chi connectivity index (χ0v) is 18.9. The molecular formula is C24H23N9O. The van der Waals surface area contributed by atoms with Crippen LogP contribution in [0.1, 0.15) is 17.8 Å². The third-order valence-corrected chi connectivity index (χ3v) is 6.88. The molecule has 0 unspecified atom stereocenters. The molecule has 1 N–H and O–H groups in total. The second kappa shape index (κ2) is 7.22. The number of hydrogen-bond acceptors (Lipinski definition) is 7. The minimum atomic E-state index is 0.278. The molecule has 2 aliphatic rings. The quantitative estimate of drug-likeness (QED) is 0.446. The molecule has 7 rings (SSSR count). The molecule has 0 aromatic carbocycles. The van der Waals surface area contributed by atoms with Crippen LogP contribution in [-0.2, 0) is 4.74 Å². The topological polar surface area (TPSA) is 102 Å². The monoisotopic (exact) mass is 453 g/mol. The highest BCUT2D eigenvalue weighted by Gasteiger charge is 2.40. The first-order valence-corrected chi connectivity index (χ1v) is 11.4. The zero-order valence-electron chi connectivity index (χ0n) is 18.9. The van der Waals surface area contributed by atoms with Crippen molar-refractivity contribution in [1.29, 1.82) is 0 Å². The van der Waals surface area contributed by atoms with Crippen LogP contribution in [0.5, 0.6) is 0 Å². The summed E-state index contributed by atoms with van der Waals surface area (Å²) >= 11 is 0. The number of hydrogen-bond donors (Lipinski definition) is 1. The van der Waals surface area contributed by atoms with Crippen LogP contribution < -0.4 is 4.90 Å². The fourth-order valence-electron chi connectivity index (χ4n) is 5.30. The number of fused-ring (bicyclic) bond motifs is 3. The lowest BCUT2D eigenvalue weighted by Gasteiger charge is -2.28. The van der Waals surface area contributed by atoms with Gasteiger partial charge in [-0.25, -0.2) is 14.2 Å². The van der Waals surface area contributed by atoms with Gasteiger partial charge in [0.05, 0.1) is 65.2 Å². The fourth-order valence-corrected chi connectivity index (χ4v) is 5.30. The summed E-state index contributed by atoms with van der Waals surface area (Å²) in [6.07, 6.45) is 8.50. The third kappa shape index (κ3) is 2.81. The van der Waals surface area contributed by atoms with Crippen LogP contribution in [0.4, 0.5) is 5.82 Å². The molecule has 0 radical (unpaired) electrons. The standard InChI is InChI=1S/C24H23N9O/c1-14-23(15(2)32(30-14)16-4-3-6-25-10-16)21-9-22(31-12-18-8-17(31)13-34-18)28-24-19(11-27-33(21)24)20-5-7-26-29-20/h3-7,9-11,17-18H,8,12-13H2,1-2H3,(H,26,29)/t17-,18-/m1/s1. The van der Waals surface area contributed by atoms with Crippen LogP contribution in [-0.4, -0.2) is 64.9 Å². The molecule has 7 heterocycles. The Morgan fingerprint density at radius 1 is 1.15 bits per heavy atom. The summed E-state index contributed by atoms with van der Waals surface area (Å²) in [5.74, 6) is 0.937. The molecule has 0 aliphatic carbocycles. The van der Waals surface area contributed by atoms with Gasteiger partial charge in [0, 0.05) is 30.6 Å². The maximum atomic E-state index is 5.84. The Morgan fingerprint density at radius 3 is 2.82 bits per heavy atom. The number of nitrogens with zero attached hydrogens (tertiary/aromatic N) is 8. The first-order chi connectivity index (χ1) is 16.7. The Bertz CT molecular complexity index is 1500. The number of rotatable bonds is 4. The van der Waals surface area contributed by atoms with Gasteiger partial charge in [-0.05, 0) is 38.5 Å². The van der Waals surface area contributed by atoms with Gasteiger partial charge in [-0.15, -0.1) is 0 Å². The van der Waals surface area contributed by atoms with Crippen LogP contribution >= 0.6 is 0 Å². The van der Waals surface area contributed by atoms with Crippen molar-refractivity contribution in [3.63, 3.8) is 0 Å². The van der Waals surface area contributed by atoms with E-state index in [4.69, 9.17) is 19.9 Å². The van der Waals surface area contributed by atoms with Crippen molar-refractivity contribution in [2.24, 2.45) is 0 Å². The minimum Gasteiger partial charge on any atom is -0.374 e. The van der Waals surface area contributed by atoms with Crippen molar-refractivity contribution in [2.45, 2.75) is 32.4 Å². The second-order valence-corrected chi connectivity index (χ2v) is 8.93. The molecular weight excluding hydrogens is 430 g/mol. The minimum absolute atomic E-state index is 0.278. The predicted octanol–water partition coefficient (Wildman–Crippen LogP) is 2.96. The number of ether oxygens (including phenoxy) is 1. The molecule has 170 valence electrons. The summed E-state index contributed by atoms with van der Waals surface area (Å²) in [5, 5.41) is 16.8. The SMILES string of the molecule is Cc1nn(-c2cccnc2)c(C)c1-c1cc(N2C[C@H]3C[C@@H]2CO3)nc2c(-c3ccn[nH]3)cnn12. The van der Waals surface area contributed by atoms with Gasteiger partial charge in [0.25, 0.3) is 0 Å². The summed E-state index contributed by atoms with van der Waals surface area (Å²) in [6.45, 7) is 5.72. The number of pyridine rings is 1. The van der Waals surface area contributed by atoms with E-state index in [-0.39, 0.29) is 6.10 Å². The van der Waals surface area contributed by atoms with Crippen molar-refractivity contribution in [3.05, 3.63) is 60.4 Å². The van der Waals surface area contributed by atoms with E-state index in [9.17, 15) is 0 Å². The van der Waals surface area contributed by atoms with Gasteiger partial charge in [-0.1, -0.05) is 0 Å². The van der Waals surface area contributed by atoms with Gasteiger partial charge in [-0.3, -0.25) is 10.1 Å². The Balaban J connectivity index is 1.46. The lowest BCUT2D eigenvalue weighted by molar-refractivity contribution is 0.0989. The molecule has 2 atom stereocenters.